The van der Waals surface area contributed by atoms with Gasteiger partial charge in [-0.15, -0.1) is 23.4 Å². The molecule has 0 amide bonds. The third-order valence-electron chi connectivity index (χ3n) is 5.12. The quantitative estimate of drug-likeness (QED) is 0.552. The van der Waals surface area contributed by atoms with E-state index in [1.807, 2.05) is 30.9 Å². The molecule has 4 rings (SSSR count). The Bertz CT molecular complexity index is 1220. The molecule has 2 aromatic heterocycles. The maximum Gasteiger partial charge on any atom is 0.573 e. The molecule has 0 saturated carbocycles. The highest BCUT2D eigenvalue weighted by Gasteiger charge is 2.32. The Labute approximate surface area is 188 Å². The van der Waals surface area contributed by atoms with Crippen LogP contribution in [-0.2, 0) is 10.0 Å². The molecule has 176 valence electrons. The van der Waals surface area contributed by atoms with Gasteiger partial charge in [0.1, 0.15) is 5.75 Å². The standard InChI is InChI=1S/C20H21F3N6O3S/c1-14-13-15(2)29(26-14)19-8-7-18(24-25-19)27-9-11-28(12-10-27)33(30,31)17-5-3-16(4-6-17)32-20(21,22)23/h3-8,13H,9-12H2,1-2H3. The van der Waals surface area contributed by atoms with Crippen LogP contribution in [-0.4, -0.2) is 65.2 Å². The molecule has 3 heterocycles. The second kappa shape index (κ2) is 8.63. The lowest BCUT2D eigenvalue weighted by Gasteiger charge is -2.34. The van der Waals surface area contributed by atoms with Gasteiger partial charge in [-0.25, -0.2) is 13.1 Å². The van der Waals surface area contributed by atoms with Crippen LogP contribution in [0.25, 0.3) is 5.82 Å². The third-order valence-corrected chi connectivity index (χ3v) is 7.03. The van der Waals surface area contributed by atoms with Crippen LogP contribution in [0.1, 0.15) is 11.4 Å². The second-order valence-electron chi connectivity index (χ2n) is 7.50. The fraction of sp³-hybridized carbons (Fsp3) is 0.350. The number of sulfonamides is 1. The Balaban J connectivity index is 1.40. The van der Waals surface area contributed by atoms with Gasteiger partial charge >= 0.3 is 6.36 Å². The van der Waals surface area contributed by atoms with Crippen molar-refractivity contribution in [1.82, 2.24) is 24.3 Å². The zero-order valence-electron chi connectivity index (χ0n) is 17.8. The SMILES string of the molecule is Cc1cc(C)n(-c2ccc(N3CCN(S(=O)(=O)c4ccc(OC(F)(F)F)cc4)CC3)nn2)n1. The zero-order valence-corrected chi connectivity index (χ0v) is 18.6. The van der Waals surface area contributed by atoms with Gasteiger partial charge < -0.3 is 9.64 Å². The Kier molecular flexibility index (Phi) is 6.01. The molecule has 0 N–H and O–H groups in total. The van der Waals surface area contributed by atoms with E-state index in [1.54, 1.807) is 10.7 Å². The number of nitrogens with zero attached hydrogens (tertiary/aromatic N) is 6. The normalized spacial score (nSPS) is 15.6. The van der Waals surface area contributed by atoms with Gasteiger partial charge in [0.25, 0.3) is 0 Å². The molecule has 1 fully saturated rings. The van der Waals surface area contributed by atoms with Crippen LogP contribution in [0.3, 0.4) is 0 Å². The van der Waals surface area contributed by atoms with Gasteiger partial charge in [-0.3, -0.25) is 0 Å². The van der Waals surface area contributed by atoms with Crippen molar-refractivity contribution in [1.29, 1.82) is 0 Å². The molecule has 0 aliphatic carbocycles. The van der Waals surface area contributed by atoms with Crippen LogP contribution in [0.4, 0.5) is 19.0 Å². The van der Waals surface area contributed by atoms with Crippen molar-refractivity contribution in [2.75, 3.05) is 31.1 Å². The van der Waals surface area contributed by atoms with Crippen LogP contribution in [0.15, 0.2) is 47.4 Å². The van der Waals surface area contributed by atoms with E-state index in [0.29, 0.717) is 24.7 Å². The van der Waals surface area contributed by atoms with Gasteiger partial charge in [-0.05, 0) is 56.3 Å². The first-order valence-corrected chi connectivity index (χ1v) is 11.5. The predicted molar refractivity (Wildman–Crippen MR) is 113 cm³/mol. The van der Waals surface area contributed by atoms with E-state index in [1.165, 1.54) is 4.31 Å². The lowest BCUT2D eigenvalue weighted by Crippen LogP contribution is -2.49. The number of hydrogen-bond acceptors (Lipinski definition) is 7. The van der Waals surface area contributed by atoms with Gasteiger partial charge in [0.15, 0.2) is 11.6 Å². The highest BCUT2D eigenvalue weighted by molar-refractivity contribution is 7.89. The van der Waals surface area contributed by atoms with Crippen molar-refractivity contribution in [2.24, 2.45) is 0 Å². The van der Waals surface area contributed by atoms with Crippen molar-refractivity contribution in [3.63, 3.8) is 0 Å². The summed E-state index contributed by atoms with van der Waals surface area (Å²) in [5, 5.41) is 12.9. The number of ether oxygens (including phenoxy) is 1. The molecule has 33 heavy (non-hydrogen) atoms. The van der Waals surface area contributed by atoms with Crippen molar-refractivity contribution in [3.05, 3.63) is 53.9 Å². The summed E-state index contributed by atoms with van der Waals surface area (Å²) in [5.41, 5.74) is 1.81. The summed E-state index contributed by atoms with van der Waals surface area (Å²) in [6.45, 7) is 4.99. The first-order valence-electron chi connectivity index (χ1n) is 10.0. The van der Waals surface area contributed by atoms with Crippen LogP contribution in [0.2, 0.25) is 0 Å². The van der Waals surface area contributed by atoms with Crippen LogP contribution < -0.4 is 9.64 Å². The number of piperazine rings is 1. The van der Waals surface area contributed by atoms with E-state index in [2.05, 4.69) is 20.0 Å². The molecule has 1 aliphatic rings. The fourth-order valence-corrected chi connectivity index (χ4v) is 5.00. The van der Waals surface area contributed by atoms with Crippen LogP contribution >= 0.6 is 0 Å². The maximum atomic E-state index is 12.9. The number of aromatic nitrogens is 4. The number of alkyl halides is 3. The van der Waals surface area contributed by atoms with Gasteiger partial charge in [0, 0.05) is 31.9 Å². The van der Waals surface area contributed by atoms with Gasteiger partial charge in [0.05, 0.1) is 10.6 Å². The summed E-state index contributed by atoms with van der Waals surface area (Å²) < 4.78 is 69.4. The first-order chi connectivity index (χ1) is 15.5. The molecule has 0 atom stereocenters. The Morgan fingerprint density at radius 3 is 2.03 bits per heavy atom. The molecular weight excluding hydrogens is 461 g/mol. The van der Waals surface area contributed by atoms with Crippen molar-refractivity contribution < 1.29 is 26.3 Å². The van der Waals surface area contributed by atoms with E-state index < -0.39 is 22.1 Å². The molecule has 1 aliphatic heterocycles. The number of anilines is 1. The lowest BCUT2D eigenvalue weighted by atomic mass is 10.3. The number of rotatable bonds is 5. The molecule has 3 aromatic rings. The van der Waals surface area contributed by atoms with Crippen LogP contribution in [0, 0.1) is 13.8 Å². The molecule has 9 nitrogen and oxygen atoms in total. The minimum absolute atomic E-state index is 0.0977. The van der Waals surface area contributed by atoms with Crippen molar-refractivity contribution in [3.8, 4) is 11.6 Å². The highest BCUT2D eigenvalue weighted by atomic mass is 32.2. The van der Waals surface area contributed by atoms with Gasteiger partial charge in [0.2, 0.25) is 10.0 Å². The average Bonchev–Trinajstić information content (AvgIpc) is 3.11. The highest BCUT2D eigenvalue weighted by Crippen LogP contribution is 2.26. The number of halogens is 3. The van der Waals surface area contributed by atoms with E-state index in [9.17, 15) is 21.6 Å². The summed E-state index contributed by atoms with van der Waals surface area (Å²) >= 11 is 0. The molecular formula is C20H21F3N6O3S. The fourth-order valence-electron chi connectivity index (χ4n) is 3.58. The number of hydrogen-bond donors (Lipinski definition) is 0. The molecule has 1 saturated heterocycles. The first kappa shape index (κ1) is 23.0. The Morgan fingerprint density at radius 1 is 0.909 bits per heavy atom. The maximum absolute atomic E-state index is 12.9. The summed E-state index contributed by atoms with van der Waals surface area (Å²) in [6, 6.07) is 9.72. The predicted octanol–water partition coefficient (Wildman–Crippen LogP) is 2.69. The number of aryl methyl sites for hydroxylation is 2. The Morgan fingerprint density at radius 2 is 1.52 bits per heavy atom. The summed E-state index contributed by atoms with van der Waals surface area (Å²) in [7, 11) is -3.85. The van der Waals surface area contributed by atoms with E-state index in [4.69, 9.17) is 0 Å². The molecule has 0 unspecified atom stereocenters. The summed E-state index contributed by atoms with van der Waals surface area (Å²) in [6.07, 6.45) is -4.84. The van der Waals surface area contributed by atoms with E-state index in [-0.39, 0.29) is 18.0 Å². The lowest BCUT2D eigenvalue weighted by molar-refractivity contribution is -0.274. The van der Waals surface area contributed by atoms with Gasteiger partial charge in [-0.2, -0.15) is 9.40 Å². The largest absolute Gasteiger partial charge is 0.573 e. The number of benzene rings is 1. The summed E-state index contributed by atoms with van der Waals surface area (Å²) in [5.74, 6) is 0.725. The minimum atomic E-state index is -4.84. The second-order valence-corrected chi connectivity index (χ2v) is 9.44. The smallest absolute Gasteiger partial charge is 0.406 e. The molecule has 1 aromatic carbocycles. The van der Waals surface area contributed by atoms with Crippen molar-refractivity contribution >= 4 is 15.8 Å². The van der Waals surface area contributed by atoms with E-state index in [0.717, 1.165) is 35.7 Å². The zero-order chi connectivity index (χ0) is 23.8. The molecule has 13 heteroatoms. The molecule has 0 radical (unpaired) electrons. The molecule has 0 bridgehead atoms. The van der Waals surface area contributed by atoms with Crippen molar-refractivity contribution in [2.45, 2.75) is 25.1 Å². The monoisotopic (exact) mass is 482 g/mol. The average molecular weight is 482 g/mol. The topological polar surface area (TPSA) is 93.5 Å². The Hall–Kier alpha value is -3.19. The molecule has 0 spiro atoms. The van der Waals surface area contributed by atoms with Gasteiger partial charge in [-0.1, -0.05) is 0 Å². The summed E-state index contributed by atoms with van der Waals surface area (Å²) in [4.78, 5) is 1.82. The minimum Gasteiger partial charge on any atom is -0.406 e. The van der Waals surface area contributed by atoms with Crippen LogP contribution in [0.5, 0.6) is 5.75 Å². The third kappa shape index (κ3) is 5.09. The van der Waals surface area contributed by atoms with E-state index >= 15 is 0 Å².